The second-order valence-electron chi connectivity index (χ2n) is 7.75. The van der Waals surface area contributed by atoms with Crippen molar-refractivity contribution in [1.82, 2.24) is 10.4 Å². The molecule has 1 N–H and O–H groups in total. The summed E-state index contributed by atoms with van der Waals surface area (Å²) in [5.74, 6) is 0.328. The Morgan fingerprint density at radius 3 is 2.79 bits per heavy atom. The number of nitrogens with one attached hydrogen (secondary N) is 1. The minimum Gasteiger partial charge on any atom is -0.460 e. The van der Waals surface area contributed by atoms with Crippen molar-refractivity contribution in [2.24, 2.45) is 5.92 Å². The second kappa shape index (κ2) is 7.21. The second-order valence-corrected chi connectivity index (χ2v) is 7.75. The Morgan fingerprint density at radius 1 is 1.33 bits per heavy atom. The fraction of sp³-hybridized carbons (Fsp3) is 0.632. The Morgan fingerprint density at radius 2 is 2.08 bits per heavy atom. The van der Waals surface area contributed by atoms with Crippen LogP contribution in [0.1, 0.15) is 39.2 Å². The van der Waals surface area contributed by atoms with Crippen molar-refractivity contribution >= 4 is 5.97 Å². The number of piperidine rings is 1. The van der Waals surface area contributed by atoms with E-state index in [1.807, 2.05) is 39.0 Å². The van der Waals surface area contributed by atoms with E-state index in [0.717, 1.165) is 26.1 Å². The summed E-state index contributed by atoms with van der Waals surface area (Å²) in [6, 6.07) is 10.6. The van der Waals surface area contributed by atoms with Gasteiger partial charge in [0.25, 0.3) is 0 Å². The van der Waals surface area contributed by atoms with Gasteiger partial charge in [-0.25, -0.2) is 0 Å². The van der Waals surface area contributed by atoms with Crippen molar-refractivity contribution < 1.29 is 14.4 Å². The molecule has 2 heterocycles. The number of benzene rings is 1. The lowest BCUT2D eigenvalue weighted by Crippen LogP contribution is -2.54. The van der Waals surface area contributed by atoms with Crippen molar-refractivity contribution in [2.45, 2.75) is 57.8 Å². The predicted molar refractivity (Wildman–Crippen MR) is 92.1 cm³/mol. The van der Waals surface area contributed by atoms with Crippen LogP contribution in [-0.4, -0.2) is 41.9 Å². The van der Waals surface area contributed by atoms with Crippen LogP contribution >= 0.6 is 0 Å². The van der Waals surface area contributed by atoms with E-state index in [1.165, 1.54) is 5.56 Å². The fourth-order valence-corrected chi connectivity index (χ4v) is 3.64. The van der Waals surface area contributed by atoms with E-state index in [0.29, 0.717) is 12.3 Å². The van der Waals surface area contributed by atoms with Crippen LogP contribution in [0.5, 0.6) is 0 Å². The maximum absolute atomic E-state index is 12.3. The molecule has 0 radical (unpaired) electrons. The van der Waals surface area contributed by atoms with Gasteiger partial charge in [-0.1, -0.05) is 30.3 Å². The van der Waals surface area contributed by atoms with Crippen LogP contribution in [0.2, 0.25) is 0 Å². The summed E-state index contributed by atoms with van der Waals surface area (Å²) in [6.07, 6.45) is 1.47. The molecule has 2 aliphatic rings. The lowest BCUT2D eigenvalue weighted by molar-refractivity contribution is -0.161. The highest BCUT2D eigenvalue weighted by Crippen LogP contribution is 2.32. The zero-order valence-electron chi connectivity index (χ0n) is 14.8. The molecule has 2 aliphatic heterocycles. The molecule has 1 aromatic carbocycles. The molecule has 0 aliphatic carbocycles. The first kappa shape index (κ1) is 17.4. The molecule has 0 amide bonds. The highest BCUT2D eigenvalue weighted by atomic mass is 16.7. The number of rotatable bonds is 4. The number of ether oxygens (including phenoxy) is 1. The van der Waals surface area contributed by atoms with Gasteiger partial charge < -0.3 is 10.1 Å². The van der Waals surface area contributed by atoms with Gasteiger partial charge >= 0.3 is 5.97 Å². The van der Waals surface area contributed by atoms with Gasteiger partial charge in [0.05, 0.1) is 19.1 Å². The Hall–Kier alpha value is -1.43. The lowest BCUT2D eigenvalue weighted by atomic mass is 9.86. The van der Waals surface area contributed by atoms with E-state index >= 15 is 0 Å². The van der Waals surface area contributed by atoms with Crippen LogP contribution in [0, 0.1) is 5.92 Å². The molecule has 3 atom stereocenters. The predicted octanol–water partition coefficient (Wildman–Crippen LogP) is 2.51. The van der Waals surface area contributed by atoms with Crippen LogP contribution < -0.4 is 5.32 Å². The number of esters is 1. The molecule has 2 fully saturated rings. The minimum atomic E-state index is -0.443. The number of hydroxylamine groups is 2. The molecular weight excluding hydrogens is 304 g/mol. The van der Waals surface area contributed by atoms with Gasteiger partial charge in [-0.15, -0.1) is 0 Å². The molecule has 5 heteroatoms. The molecule has 5 nitrogen and oxygen atoms in total. The van der Waals surface area contributed by atoms with Crippen LogP contribution in [0.3, 0.4) is 0 Å². The maximum Gasteiger partial charge on any atom is 0.307 e. The first-order valence-electron chi connectivity index (χ1n) is 8.81. The lowest BCUT2D eigenvalue weighted by Gasteiger charge is -2.37. The van der Waals surface area contributed by atoms with E-state index in [9.17, 15) is 4.79 Å². The topological polar surface area (TPSA) is 50.8 Å². The van der Waals surface area contributed by atoms with Gasteiger partial charge in [-0.3, -0.25) is 9.63 Å². The molecule has 132 valence electrons. The molecule has 24 heavy (non-hydrogen) atoms. The number of hydrogen-bond acceptors (Lipinski definition) is 5. The molecule has 1 aromatic rings. The fourth-order valence-electron chi connectivity index (χ4n) is 3.64. The van der Waals surface area contributed by atoms with Crippen molar-refractivity contribution in [3.63, 3.8) is 0 Å². The summed E-state index contributed by atoms with van der Waals surface area (Å²) in [7, 11) is 0. The van der Waals surface area contributed by atoms with E-state index in [1.54, 1.807) is 0 Å². The number of nitrogens with zero attached hydrogens (tertiary/aromatic N) is 1. The summed E-state index contributed by atoms with van der Waals surface area (Å²) >= 11 is 0. The van der Waals surface area contributed by atoms with E-state index in [4.69, 9.17) is 9.57 Å². The average molecular weight is 332 g/mol. The smallest absolute Gasteiger partial charge is 0.307 e. The highest BCUT2D eigenvalue weighted by molar-refractivity contribution is 5.70. The number of fused-ring (bicyclic) bond motifs is 1. The van der Waals surface area contributed by atoms with Crippen molar-refractivity contribution in [3.8, 4) is 0 Å². The molecular formula is C19H28N2O3. The normalized spacial score (nSPS) is 27.7. The first-order valence-corrected chi connectivity index (χ1v) is 8.81. The summed E-state index contributed by atoms with van der Waals surface area (Å²) in [5, 5.41) is 5.56. The first-order chi connectivity index (χ1) is 11.4. The third kappa shape index (κ3) is 4.35. The highest BCUT2D eigenvalue weighted by Gasteiger charge is 2.44. The molecule has 0 aromatic heterocycles. The van der Waals surface area contributed by atoms with Gasteiger partial charge in [0.15, 0.2) is 0 Å². The minimum absolute atomic E-state index is 0.0739. The van der Waals surface area contributed by atoms with E-state index in [-0.39, 0.29) is 18.1 Å². The van der Waals surface area contributed by atoms with Crippen molar-refractivity contribution in [3.05, 3.63) is 35.9 Å². The van der Waals surface area contributed by atoms with E-state index in [2.05, 4.69) is 22.5 Å². The quantitative estimate of drug-likeness (QED) is 0.859. The van der Waals surface area contributed by atoms with Crippen molar-refractivity contribution in [1.29, 1.82) is 0 Å². The van der Waals surface area contributed by atoms with Crippen LogP contribution in [0.4, 0.5) is 0 Å². The summed E-state index contributed by atoms with van der Waals surface area (Å²) in [5.41, 5.74) is 0.779. The van der Waals surface area contributed by atoms with Gasteiger partial charge in [0, 0.05) is 18.5 Å². The molecule has 2 saturated heterocycles. The summed E-state index contributed by atoms with van der Waals surface area (Å²) in [6.45, 7) is 8.13. The number of carbonyl (C=O) groups is 1. The van der Waals surface area contributed by atoms with E-state index < -0.39 is 5.60 Å². The Labute approximate surface area is 144 Å². The molecule has 3 unspecified atom stereocenters. The van der Waals surface area contributed by atoms with Gasteiger partial charge in [0.2, 0.25) is 0 Å². The summed E-state index contributed by atoms with van der Waals surface area (Å²) < 4.78 is 5.50. The third-order valence-corrected chi connectivity index (χ3v) is 4.59. The van der Waals surface area contributed by atoms with Crippen LogP contribution in [0.15, 0.2) is 30.3 Å². The van der Waals surface area contributed by atoms with Crippen molar-refractivity contribution in [2.75, 3.05) is 13.2 Å². The van der Waals surface area contributed by atoms with Gasteiger partial charge in [0.1, 0.15) is 5.60 Å². The standard InChI is InChI=1S/C19H28N2O3/c1-19(2,3)24-17(22)11-16-18-15(9-10-20-16)13-23-21(18)12-14-7-5-4-6-8-14/h4-8,15-16,18,20H,9-13H2,1-3H3. The van der Waals surface area contributed by atoms with Crippen LogP contribution in [0.25, 0.3) is 0 Å². The molecule has 0 saturated carbocycles. The van der Waals surface area contributed by atoms with Crippen LogP contribution in [-0.2, 0) is 20.9 Å². The molecule has 0 spiro atoms. The zero-order chi connectivity index (χ0) is 17.2. The summed E-state index contributed by atoms with van der Waals surface area (Å²) in [4.78, 5) is 18.2. The Bertz CT molecular complexity index is 555. The number of carbonyl (C=O) groups excluding carboxylic acids is 1. The molecule has 0 bridgehead atoms. The zero-order valence-corrected chi connectivity index (χ0v) is 14.8. The largest absolute Gasteiger partial charge is 0.460 e. The van der Waals surface area contributed by atoms with Gasteiger partial charge in [-0.2, -0.15) is 5.06 Å². The monoisotopic (exact) mass is 332 g/mol. The third-order valence-electron chi connectivity index (χ3n) is 4.59. The maximum atomic E-state index is 12.3. The SMILES string of the molecule is CC(C)(C)OC(=O)CC1NCCC2CON(Cc3ccccc3)C21. The molecule has 3 rings (SSSR count). The average Bonchev–Trinajstić information content (AvgIpc) is 2.90. The van der Waals surface area contributed by atoms with Gasteiger partial charge in [-0.05, 0) is 39.3 Å². The number of hydrogen-bond donors (Lipinski definition) is 1. The Kier molecular flexibility index (Phi) is 5.23. The Balaban J connectivity index is 1.67.